The lowest BCUT2D eigenvalue weighted by Gasteiger charge is -2.15. The fourth-order valence-corrected chi connectivity index (χ4v) is 4.09. The SMILES string of the molecule is CCOC(=O)c1c(C(=O)OCC)c(-c2ccccc2)n(-c2ccc(Cl)cc2)c1-c1ccccc1. The Hall–Kier alpha value is -3.83. The molecule has 1 heterocycles. The third-order valence-electron chi connectivity index (χ3n) is 5.31. The third kappa shape index (κ3) is 4.47. The molecular formula is C28H24ClNO4. The lowest BCUT2D eigenvalue weighted by Crippen LogP contribution is -2.13. The van der Waals surface area contributed by atoms with Gasteiger partial charge in [-0.05, 0) is 49.2 Å². The highest BCUT2D eigenvalue weighted by atomic mass is 35.5. The van der Waals surface area contributed by atoms with Crippen LogP contribution in [0.5, 0.6) is 0 Å². The first kappa shape index (κ1) is 23.3. The number of ether oxygens (including phenoxy) is 2. The Bertz CT molecular complexity index is 1220. The average molecular weight is 474 g/mol. The molecule has 4 rings (SSSR count). The van der Waals surface area contributed by atoms with Crippen molar-refractivity contribution in [3.63, 3.8) is 0 Å². The van der Waals surface area contributed by atoms with Crippen LogP contribution in [0.3, 0.4) is 0 Å². The van der Waals surface area contributed by atoms with Crippen LogP contribution in [-0.2, 0) is 9.47 Å². The van der Waals surface area contributed by atoms with Crippen molar-refractivity contribution in [2.75, 3.05) is 13.2 Å². The number of halogens is 1. The van der Waals surface area contributed by atoms with Gasteiger partial charge >= 0.3 is 11.9 Å². The maximum Gasteiger partial charge on any atom is 0.341 e. The number of carbonyl (C=O) groups excluding carboxylic acids is 2. The summed E-state index contributed by atoms with van der Waals surface area (Å²) in [5.74, 6) is -1.18. The Morgan fingerprint density at radius 2 is 1.09 bits per heavy atom. The van der Waals surface area contributed by atoms with E-state index < -0.39 is 11.9 Å². The molecule has 0 aliphatic heterocycles. The van der Waals surface area contributed by atoms with Crippen molar-refractivity contribution in [3.05, 3.63) is 101 Å². The smallest absolute Gasteiger partial charge is 0.341 e. The van der Waals surface area contributed by atoms with Gasteiger partial charge in [0.05, 0.1) is 24.6 Å². The van der Waals surface area contributed by atoms with Crippen LogP contribution in [0, 0.1) is 0 Å². The van der Waals surface area contributed by atoms with Crippen molar-refractivity contribution in [2.24, 2.45) is 0 Å². The van der Waals surface area contributed by atoms with Gasteiger partial charge < -0.3 is 14.0 Å². The normalized spacial score (nSPS) is 10.7. The highest BCUT2D eigenvalue weighted by Crippen LogP contribution is 2.41. The number of carbonyl (C=O) groups is 2. The van der Waals surface area contributed by atoms with E-state index >= 15 is 0 Å². The Labute approximate surface area is 203 Å². The van der Waals surface area contributed by atoms with Gasteiger partial charge in [-0.15, -0.1) is 0 Å². The summed E-state index contributed by atoms with van der Waals surface area (Å²) in [5.41, 5.74) is 3.68. The van der Waals surface area contributed by atoms with E-state index in [1.54, 1.807) is 26.0 Å². The molecule has 172 valence electrons. The molecule has 4 aromatic rings. The van der Waals surface area contributed by atoms with Crippen LogP contribution in [0.25, 0.3) is 28.2 Å². The summed E-state index contributed by atoms with van der Waals surface area (Å²) in [5, 5.41) is 0.578. The lowest BCUT2D eigenvalue weighted by molar-refractivity contribution is 0.0481. The standard InChI is InChI=1S/C28H24ClNO4/c1-3-33-27(31)23-24(28(32)34-4-2)26(20-13-9-6-10-14-20)30(22-17-15-21(29)16-18-22)25(23)19-11-7-5-8-12-19/h5-18H,3-4H2,1-2H3. The summed E-state index contributed by atoms with van der Waals surface area (Å²) in [6.45, 7) is 3.81. The zero-order chi connectivity index (χ0) is 24.1. The second-order valence-corrected chi connectivity index (χ2v) is 7.87. The fourth-order valence-electron chi connectivity index (χ4n) is 3.96. The molecule has 0 unspecified atom stereocenters. The molecule has 0 radical (unpaired) electrons. The van der Waals surface area contributed by atoms with Crippen molar-refractivity contribution in [3.8, 4) is 28.2 Å². The highest BCUT2D eigenvalue weighted by molar-refractivity contribution is 6.30. The molecule has 34 heavy (non-hydrogen) atoms. The average Bonchev–Trinajstić information content (AvgIpc) is 3.22. The molecule has 0 fully saturated rings. The van der Waals surface area contributed by atoms with Crippen LogP contribution in [0.15, 0.2) is 84.9 Å². The van der Waals surface area contributed by atoms with Crippen LogP contribution in [-0.4, -0.2) is 29.7 Å². The Kier molecular flexibility index (Phi) is 7.14. The van der Waals surface area contributed by atoms with E-state index in [4.69, 9.17) is 21.1 Å². The summed E-state index contributed by atoms with van der Waals surface area (Å²) in [4.78, 5) is 26.8. The quantitative estimate of drug-likeness (QED) is 0.276. The van der Waals surface area contributed by atoms with Crippen molar-refractivity contribution < 1.29 is 19.1 Å². The number of hydrogen-bond donors (Lipinski definition) is 0. The molecule has 0 atom stereocenters. The largest absolute Gasteiger partial charge is 0.462 e. The first-order valence-electron chi connectivity index (χ1n) is 11.1. The molecule has 3 aromatic carbocycles. The van der Waals surface area contributed by atoms with E-state index in [9.17, 15) is 9.59 Å². The van der Waals surface area contributed by atoms with Gasteiger partial charge in [0.2, 0.25) is 0 Å². The van der Waals surface area contributed by atoms with Gasteiger partial charge in [0.25, 0.3) is 0 Å². The minimum absolute atomic E-state index is 0.167. The Morgan fingerprint density at radius 1 is 0.676 bits per heavy atom. The van der Waals surface area contributed by atoms with Crippen LogP contribution in [0.2, 0.25) is 5.02 Å². The van der Waals surface area contributed by atoms with Crippen molar-refractivity contribution >= 4 is 23.5 Å². The Balaban J connectivity index is 2.21. The number of esters is 2. The van der Waals surface area contributed by atoms with Gasteiger partial charge in [-0.2, -0.15) is 0 Å². The van der Waals surface area contributed by atoms with E-state index in [2.05, 4.69) is 0 Å². The highest BCUT2D eigenvalue weighted by Gasteiger charge is 2.34. The number of nitrogens with zero attached hydrogens (tertiary/aromatic N) is 1. The van der Waals surface area contributed by atoms with Gasteiger partial charge in [0, 0.05) is 10.7 Å². The lowest BCUT2D eigenvalue weighted by atomic mass is 10.0. The summed E-state index contributed by atoms with van der Waals surface area (Å²) >= 11 is 6.18. The van der Waals surface area contributed by atoms with E-state index in [0.29, 0.717) is 16.4 Å². The third-order valence-corrected chi connectivity index (χ3v) is 5.56. The van der Waals surface area contributed by atoms with Crippen LogP contribution in [0.4, 0.5) is 0 Å². The molecule has 0 N–H and O–H groups in total. The molecule has 0 amide bonds. The van der Waals surface area contributed by atoms with Crippen LogP contribution >= 0.6 is 11.6 Å². The van der Waals surface area contributed by atoms with E-state index in [1.807, 2.05) is 77.4 Å². The minimum atomic E-state index is -0.589. The molecule has 0 aliphatic rings. The summed E-state index contributed by atoms with van der Waals surface area (Å²) in [6, 6.07) is 26.2. The second kappa shape index (κ2) is 10.4. The van der Waals surface area contributed by atoms with Crippen LogP contribution < -0.4 is 0 Å². The van der Waals surface area contributed by atoms with Crippen LogP contribution in [0.1, 0.15) is 34.6 Å². The van der Waals surface area contributed by atoms with Crippen molar-refractivity contribution in [1.82, 2.24) is 4.57 Å². The molecular weight excluding hydrogens is 450 g/mol. The maximum atomic E-state index is 13.4. The zero-order valence-corrected chi connectivity index (χ0v) is 19.7. The summed E-state index contributed by atoms with van der Waals surface area (Å²) in [7, 11) is 0. The Morgan fingerprint density at radius 3 is 1.47 bits per heavy atom. The summed E-state index contributed by atoms with van der Waals surface area (Å²) in [6.07, 6.45) is 0. The van der Waals surface area contributed by atoms with Gasteiger partial charge in [-0.25, -0.2) is 9.59 Å². The molecule has 1 aromatic heterocycles. The predicted molar refractivity (Wildman–Crippen MR) is 134 cm³/mol. The summed E-state index contributed by atoms with van der Waals surface area (Å²) < 4.78 is 12.8. The predicted octanol–water partition coefficient (Wildman–Crippen LogP) is 6.82. The monoisotopic (exact) mass is 473 g/mol. The maximum absolute atomic E-state index is 13.4. The fraction of sp³-hybridized carbons (Fsp3) is 0.143. The molecule has 5 nitrogen and oxygen atoms in total. The van der Waals surface area contributed by atoms with Gasteiger partial charge in [-0.3, -0.25) is 0 Å². The van der Waals surface area contributed by atoms with Crippen molar-refractivity contribution in [2.45, 2.75) is 13.8 Å². The van der Waals surface area contributed by atoms with E-state index in [1.165, 1.54) is 0 Å². The molecule has 6 heteroatoms. The first-order chi connectivity index (χ1) is 16.6. The van der Waals surface area contributed by atoms with Gasteiger partial charge in [-0.1, -0.05) is 72.3 Å². The number of hydrogen-bond acceptors (Lipinski definition) is 4. The minimum Gasteiger partial charge on any atom is -0.462 e. The van der Waals surface area contributed by atoms with E-state index in [-0.39, 0.29) is 24.3 Å². The number of aromatic nitrogens is 1. The number of rotatable bonds is 7. The van der Waals surface area contributed by atoms with Gasteiger partial charge in [0.1, 0.15) is 11.1 Å². The van der Waals surface area contributed by atoms with Crippen molar-refractivity contribution in [1.29, 1.82) is 0 Å². The van der Waals surface area contributed by atoms with Gasteiger partial charge in [0.15, 0.2) is 0 Å². The topological polar surface area (TPSA) is 57.5 Å². The molecule has 0 saturated heterocycles. The second-order valence-electron chi connectivity index (χ2n) is 7.43. The number of benzene rings is 3. The molecule has 0 saturated carbocycles. The zero-order valence-electron chi connectivity index (χ0n) is 19.0. The first-order valence-corrected chi connectivity index (χ1v) is 11.4. The molecule has 0 bridgehead atoms. The van der Waals surface area contributed by atoms with E-state index in [0.717, 1.165) is 16.8 Å². The molecule has 0 spiro atoms. The molecule has 0 aliphatic carbocycles.